The summed E-state index contributed by atoms with van der Waals surface area (Å²) in [6.45, 7) is 0. The van der Waals surface area contributed by atoms with E-state index in [1.165, 1.54) is 0 Å². The van der Waals surface area contributed by atoms with Crippen LogP contribution in [0.2, 0.25) is 0 Å². The highest BCUT2D eigenvalue weighted by Crippen LogP contribution is 2.36. The van der Waals surface area contributed by atoms with Crippen LogP contribution in [0.4, 0.5) is 0 Å². The number of hydrogen-bond acceptors (Lipinski definition) is 7. The zero-order valence-electron chi connectivity index (χ0n) is 24.9. The van der Waals surface area contributed by atoms with E-state index in [0.717, 1.165) is 72.0 Å². The van der Waals surface area contributed by atoms with E-state index in [2.05, 4.69) is 23.2 Å². The molecule has 0 bridgehead atoms. The second kappa shape index (κ2) is 11.1. The molecule has 0 spiro atoms. The van der Waals surface area contributed by atoms with Crippen molar-refractivity contribution in [3.8, 4) is 56.5 Å². The maximum atomic E-state index is 6.11. The first kappa shape index (κ1) is 26.8. The van der Waals surface area contributed by atoms with Crippen molar-refractivity contribution in [1.82, 2.24) is 29.9 Å². The lowest BCUT2D eigenvalue weighted by Gasteiger charge is -2.12. The molecule has 5 aromatic heterocycles. The van der Waals surface area contributed by atoms with Gasteiger partial charge in [0.05, 0.1) is 16.6 Å². The van der Waals surface area contributed by atoms with Crippen LogP contribution in [0.25, 0.3) is 89.5 Å². The molecule has 220 valence electrons. The van der Waals surface area contributed by atoms with Gasteiger partial charge in [0.15, 0.2) is 23.1 Å². The van der Waals surface area contributed by atoms with Crippen LogP contribution in [0.5, 0.6) is 0 Å². The number of aromatic nitrogens is 6. The molecule has 0 amide bonds. The maximum absolute atomic E-state index is 6.11. The smallest absolute Gasteiger partial charge is 0.164 e. The number of rotatable bonds is 5. The molecule has 0 fully saturated rings. The molecule has 0 radical (unpaired) electrons. The number of nitrogens with zero attached hydrogens (tertiary/aromatic N) is 6. The van der Waals surface area contributed by atoms with Crippen LogP contribution in [0.1, 0.15) is 0 Å². The molecular weight excluding hydrogens is 580 g/mol. The summed E-state index contributed by atoms with van der Waals surface area (Å²) in [5, 5.41) is 1.90. The predicted molar refractivity (Wildman–Crippen MR) is 185 cm³/mol. The molecule has 5 heterocycles. The van der Waals surface area contributed by atoms with Crippen molar-refractivity contribution < 1.29 is 4.42 Å². The Labute approximate surface area is 269 Å². The van der Waals surface area contributed by atoms with Gasteiger partial charge in [-0.2, -0.15) is 0 Å². The van der Waals surface area contributed by atoms with Crippen molar-refractivity contribution in [1.29, 1.82) is 0 Å². The minimum atomic E-state index is 0.608. The fraction of sp³-hybridized carbons (Fsp3) is 0. The van der Waals surface area contributed by atoms with Crippen molar-refractivity contribution in [3.05, 3.63) is 146 Å². The molecule has 7 heteroatoms. The third-order valence-corrected chi connectivity index (χ3v) is 8.29. The molecule has 9 rings (SSSR count). The molecule has 0 unspecified atom stereocenters. The van der Waals surface area contributed by atoms with Crippen LogP contribution in [-0.4, -0.2) is 29.9 Å². The van der Waals surface area contributed by atoms with E-state index in [9.17, 15) is 0 Å². The van der Waals surface area contributed by atoms with Crippen LogP contribution in [-0.2, 0) is 0 Å². The summed E-state index contributed by atoms with van der Waals surface area (Å²) in [4.78, 5) is 28.8. The van der Waals surface area contributed by atoms with Gasteiger partial charge in [-0.05, 0) is 35.4 Å². The fourth-order valence-electron chi connectivity index (χ4n) is 6.04. The Bertz CT molecular complexity index is 2520. The Morgan fingerprint density at radius 2 is 1.06 bits per heavy atom. The van der Waals surface area contributed by atoms with E-state index < -0.39 is 0 Å². The van der Waals surface area contributed by atoms with Crippen LogP contribution in [0.15, 0.2) is 150 Å². The molecule has 0 saturated carbocycles. The molecule has 9 aromatic rings. The lowest BCUT2D eigenvalue weighted by molar-refractivity contribution is 0.668. The second-order valence-corrected chi connectivity index (χ2v) is 11.2. The van der Waals surface area contributed by atoms with Crippen molar-refractivity contribution in [2.45, 2.75) is 0 Å². The predicted octanol–water partition coefficient (Wildman–Crippen LogP) is 9.44. The Balaban J connectivity index is 1.16. The summed E-state index contributed by atoms with van der Waals surface area (Å²) in [5.74, 6) is 1.86. The number of benzene rings is 4. The summed E-state index contributed by atoms with van der Waals surface area (Å²) < 4.78 is 6.11. The van der Waals surface area contributed by atoms with Crippen molar-refractivity contribution in [2.75, 3.05) is 0 Å². The molecule has 47 heavy (non-hydrogen) atoms. The Morgan fingerprint density at radius 3 is 1.83 bits per heavy atom. The van der Waals surface area contributed by atoms with Crippen molar-refractivity contribution >= 4 is 33.0 Å². The van der Waals surface area contributed by atoms with Gasteiger partial charge >= 0.3 is 0 Å². The Kier molecular flexibility index (Phi) is 6.31. The van der Waals surface area contributed by atoms with E-state index >= 15 is 0 Å². The third kappa shape index (κ3) is 4.78. The third-order valence-electron chi connectivity index (χ3n) is 8.29. The normalized spacial score (nSPS) is 11.4. The number of fused-ring (bicyclic) bond motifs is 4. The quantitative estimate of drug-likeness (QED) is 0.193. The largest absolute Gasteiger partial charge is 0.454 e. The highest BCUT2D eigenvalue weighted by molar-refractivity contribution is 6.05. The standard InChI is InChI=1S/C40H24N6O/c1-3-10-25(11-4-1)38-44-39(26-12-5-2-6-13-26)46-40(45-38)28-15-7-14-27(22-28)29-19-21-42-36-30(29)16-8-17-31(36)33-23-35-32(24-43-33)37-34(47-35)18-9-20-41-37/h1-24H. The van der Waals surface area contributed by atoms with Gasteiger partial charge in [0.1, 0.15) is 11.1 Å². The average molecular weight is 605 g/mol. The summed E-state index contributed by atoms with van der Waals surface area (Å²) in [5.41, 5.74) is 9.70. The second-order valence-electron chi connectivity index (χ2n) is 11.2. The van der Waals surface area contributed by atoms with Crippen LogP contribution < -0.4 is 0 Å². The van der Waals surface area contributed by atoms with E-state index in [-0.39, 0.29) is 0 Å². The Hall–Kier alpha value is -6.60. The first-order valence-electron chi connectivity index (χ1n) is 15.3. The lowest BCUT2D eigenvalue weighted by atomic mass is 9.97. The lowest BCUT2D eigenvalue weighted by Crippen LogP contribution is -2.00. The summed E-state index contributed by atoms with van der Waals surface area (Å²) >= 11 is 0. The van der Waals surface area contributed by atoms with Gasteiger partial charge in [0.25, 0.3) is 0 Å². The van der Waals surface area contributed by atoms with Gasteiger partial charge in [-0.1, -0.05) is 97.1 Å². The molecule has 0 aliphatic carbocycles. The first-order chi connectivity index (χ1) is 23.3. The number of furan rings is 1. The highest BCUT2D eigenvalue weighted by Gasteiger charge is 2.16. The van der Waals surface area contributed by atoms with E-state index in [0.29, 0.717) is 17.5 Å². The van der Waals surface area contributed by atoms with Crippen molar-refractivity contribution in [3.63, 3.8) is 0 Å². The van der Waals surface area contributed by atoms with Gasteiger partial charge in [0, 0.05) is 52.3 Å². The fourth-order valence-corrected chi connectivity index (χ4v) is 6.04. The minimum absolute atomic E-state index is 0.608. The van der Waals surface area contributed by atoms with E-state index in [4.69, 9.17) is 29.3 Å². The van der Waals surface area contributed by atoms with Gasteiger partial charge < -0.3 is 4.42 Å². The molecule has 7 nitrogen and oxygen atoms in total. The molecule has 0 N–H and O–H groups in total. The van der Waals surface area contributed by atoms with Gasteiger partial charge in [-0.15, -0.1) is 0 Å². The highest BCUT2D eigenvalue weighted by atomic mass is 16.3. The number of para-hydroxylation sites is 1. The summed E-state index contributed by atoms with van der Waals surface area (Å²) in [7, 11) is 0. The topological polar surface area (TPSA) is 90.5 Å². The van der Waals surface area contributed by atoms with Crippen LogP contribution in [0.3, 0.4) is 0 Å². The molecular formula is C40H24N6O. The summed E-state index contributed by atoms with van der Waals surface area (Å²) in [6, 6.07) is 42.3. The van der Waals surface area contributed by atoms with Crippen LogP contribution in [0, 0.1) is 0 Å². The monoisotopic (exact) mass is 604 g/mol. The SMILES string of the molecule is c1ccc(-c2nc(-c3ccccc3)nc(-c3cccc(-c4ccnc5c(-c6cc7oc8cccnc8c7cn6)cccc45)c3)n2)cc1. The molecule has 4 aromatic carbocycles. The first-order valence-corrected chi connectivity index (χ1v) is 15.3. The molecule has 0 aliphatic rings. The van der Waals surface area contributed by atoms with Gasteiger partial charge in [-0.25, -0.2) is 15.0 Å². The van der Waals surface area contributed by atoms with Gasteiger partial charge in [0.2, 0.25) is 0 Å². The number of pyridine rings is 3. The number of hydrogen-bond donors (Lipinski definition) is 0. The zero-order chi connectivity index (χ0) is 31.2. The van der Waals surface area contributed by atoms with Gasteiger partial charge in [-0.3, -0.25) is 15.0 Å². The molecule has 0 aliphatic heterocycles. The zero-order valence-corrected chi connectivity index (χ0v) is 24.9. The maximum Gasteiger partial charge on any atom is 0.164 e. The average Bonchev–Trinajstić information content (AvgIpc) is 3.53. The van der Waals surface area contributed by atoms with Crippen LogP contribution >= 0.6 is 0 Å². The molecule has 0 saturated heterocycles. The molecule has 0 atom stereocenters. The minimum Gasteiger partial charge on any atom is -0.454 e. The summed E-state index contributed by atoms with van der Waals surface area (Å²) in [6.07, 6.45) is 5.45. The van der Waals surface area contributed by atoms with Crippen molar-refractivity contribution in [2.24, 2.45) is 0 Å². The van der Waals surface area contributed by atoms with E-state index in [1.807, 2.05) is 122 Å². The van der Waals surface area contributed by atoms with E-state index in [1.54, 1.807) is 6.20 Å². The Morgan fingerprint density at radius 1 is 0.404 bits per heavy atom.